The fourth-order valence-corrected chi connectivity index (χ4v) is 3.58. The highest BCUT2D eigenvalue weighted by Crippen LogP contribution is 2.30. The van der Waals surface area contributed by atoms with E-state index in [1.807, 2.05) is 18.2 Å². The fourth-order valence-electron chi connectivity index (χ4n) is 3.58. The third-order valence-electron chi connectivity index (χ3n) is 4.93. The zero-order valence-corrected chi connectivity index (χ0v) is 17.0. The fraction of sp³-hybridized carbons (Fsp3) is 0.391. The van der Waals surface area contributed by atoms with Gasteiger partial charge < -0.3 is 19.4 Å². The van der Waals surface area contributed by atoms with E-state index in [9.17, 15) is 4.79 Å². The van der Waals surface area contributed by atoms with Crippen LogP contribution in [-0.2, 0) is 13.0 Å². The Morgan fingerprint density at radius 2 is 1.93 bits per heavy atom. The van der Waals surface area contributed by atoms with Crippen molar-refractivity contribution in [1.82, 2.24) is 14.9 Å². The number of nitrogens with one attached hydrogen (secondary N) is 1. The SMILES string of the molecule is CC(C)Cn1c(CCNC(=O)c2ccc3c(c2)OCCCO3)nc2ccccc21. The van der Waals surface area contributed by atoms with Gasteiger partial charge in [-0.3, -0.25) is 4.79 Å². The summed E-state index contributed by atoms with van der Waals surface area (Å²) in [6.45, 7) is 7.07. The highest BCUT2D eigenvalue weighted by atomic mass is 16.5. The number of nitrogens with zero attached hydrogens (tertiary/aromatic N) is 2. The zero-order valence-electron chi connectivity index (χ0n) is 17.0. The van der Waals surface area contributed by atoms with Crippen LogP contribution in [0.15, 0.2) is 42.5 Å². The average Bonchev–Trinajstić information content (AvgIpc) is 2.88. The number of ether oxygens (including phenoxy) is 2. The van der Waals surface area contributed by atoms with Crippen LogP contribution in [0.4, 0.5) is 0 Å². The molecule has 0 atom stereocenters. The summed E-state index contributed by atoms with van der Waals surface area (Å²) in [5.41, 5.74) is 2.72. The lowest BCUT2D eigenvalue weighted by atomic mass is 10.2. The van der Waals surface area contributed by atoms with Crippen molar-refractivity contribution in [2.75, 3.05) is 19.8 Å². The maximum absolute atomic E-state index is 12.6. The van der Waals surface area contributed by atoms with Gasteiger partial charge in [0.15, 0.2) is 11.5 Å². The Morgan fingerprint density at radius 1 is 1.14 bits per heavy atom. The summed E-state index contributed by atoms with van der Waals surface area (Å²) in [6.07, 6.45) is 1.52. The van der Waals surface area contributed by atoms with E-state index in [2.05, 4.69) is 29.8 Å². The van der Waals surface area contributed by atoms with Crippen LogP contribution in [0.5, 0.6) is 11.5 Å². The number of amides is 1. The normalized spacial score (nSPS) is 13.5. The highest BCUT2D eigenvalue weighted by molar-refractivity contribution is 5.94. The molecule has 152 valence electrons. The first-order valence-corrected chi connectivity index (χ1v) is 10.2. The molecule has 1 amide bonds. The van der Waals surface area contributed by atoms with Crippen LogP contribution < -0.4 is 14.8 Å². The van der Waals surface area contributed by atoms with E-state index in [0.29, 0.717) is 49.2 Å². The summed E-state index contributed by atoms with van der Waals surface area (Å²) in [7, 11) is 0. The molecule has 1 aromatic heterocycles. The van der Waals surface area contributed by atoms with Gasteiger partial charge in [-0.15, -0.1) is 0 Å². The first kappa shape index (κ1) is 19.3. The van der Waals surface area contributed by atoms with Gasteiger partial charge in [-0.25, -0.2) is 4.98 Å². The van der Waals surface area contributed by atoms with Crippen LogP contribution >= 0.6 is 0 Å². The molecule has 29 heavy (non-hydrogen) atoms. The Kier molecular flexibility index (Phi) is 5.69. The molecular weight excluding hydrogens is 366 g/mol. The van der Waals surface area contributed by atoms with Crippen LogP contribution in [0.2, 0.25) is 0 Å². The van der Waals surface area contributed by atoms with E-state index in [0.717, 1.165) is 29.8 Å². The zero-order chi connectivity index (χ0) is 20.2. The predicted octanol–water partition coefficient (Wildman–Crippen LogP) is 3.83. The van der Waals surface area contributed by atoms with Gasteiger partial charge in [0, 0.05) is 31.5 Å². The molecule has 0 fully saturated rings. The number of benzene rings is 2. The summed E-state index contributed by atoms with van der Waals surface area (Å²) in [5, 5.41) is 3.01. The first-order chi connectivity index (χ1) is 14.1. The topological polar surface area (TPSA) is 65.4 Å². The largest absolute Gasteiger partial charge is 0.490 e. The Hall–Kier alpha value is -3.02. The molecule has 0 bridgehead atoms. The minimum absolute atomic E-state index is 0.118. The molecule has 2 aromatic carbocycles. The number of aromatic nitrogens is 2. The molecule has 3 aromatic rings. The Labute approximate surface area is 170 Å². The molecule has 0 saturated carbocycles. The Morgan fingerprint density at radius 3 is 2.76 bits per heavy atom. The lowest BCUT2D eigenvalue weighted by Gasteiger charge is -2.12. The molecule has 6 heteroatoms. The number of rotatable bonds is 6. The van der Waals surface area contributed by atoms with E-state index in [-0.39, 0.29) is 5.91 Å². The molecule has 1 N–H and O–H groups in total. The van der Waals surface area contributed by atoms with Crippen LogP contribution in [0.3, 0.4) is 0 Å². The van der Waals surface area contributed by atoms with E-state index >= 15 is 0 Å². The minimum Gasteiger partial charge on any atom is -0.490 e. The number of carbonyl (C=O) groups is 1. The molecule has 1 aliphatic heterocycles. The molecule has 0 aliphatic carbocycles. The smallest absolute Gasteiger partial charge is 0.251 e. The third kappa shape index (κ3) is 4.36. The summed E-state index contributed by atoms with van der Waals surface area (Å²) < 4.78 is 13.6. The van der Waals surface area contributed by atoms with Crippen LogP contribution in [-0.4, -0.2) is 35.2 Å². The quantitative estimate of drug-likeness (QED) is 0.691. The van der Waals surface area contributed by atoms with Gasteiger partial charge in [0.2, 0.25) is 0 Å². The number of hydrogen-bond acceptors (Lipinski definition) is 4. The summed E-state index contributed by atoms with van der Waals surface area (Å²) in [5.74, 6) is 2.73. The molecular formula is C23H27N3O3. The van der Waals surface area contributed by atoms with E-state index in [4.69, 9.17) is 14.5 Å². The van der Waals surface area contributed by atoms with E-state index < -0.39 is 0 Å². The lowest BCUT2D eigenvalue weighted by molar-refractivity contribution is 0.0953. The van der Waals surface area contributed by atoms with Crippen molar-refractivity contribution >= 4 is 16.9 Å². The number of hydrogen-bond donors (Lipinski definition) is 1. The van der Waals surface area contributed by atoms with Crippen molar-refractivity contribution in [2.24, 2.45) is 5.92 Å². The molecule has 2 heterocycles. The second-order valence-corrected chi connectivity index (χ2v) is 7.74. The molecule has 0 radical (unpaired) electrons. The van der Waals surface area contributed by atoms with Gasteiger partial charge in [-0.2, -0.15) is 0 Å². The monoisotopic (exact) mass is 393 g/mol. The number of imidazole rings is 1. The molecule has 0 saturated heterocycles. The number of carbonyl (C=O) groups excluding carboxylic acids is 1. The highest BCUT2D eigenvalue weighted by Gasteiger charge is 2.15. The van der Waals surface area contributed by atoms with Gasteiger partial charge in [0.1, 0.15) is 5.82 Å². The van der Waals surface area contributed by atoms with Gasteiger partial charge >= 0.3 is 0 Å². The standard InChI is InChI=1S/C23H27N3O3/c1-16(2)15-26-19-7-4-3-6-18(19)25-22(26)10-11-24-23(27)17-8-9-20-21(14-17)29-13-5-12-28-20/h3-4,6-9,14,16H,5,10-13,15H2,1-2H3,(H,24,27). The number of para-hydroxylation sites is 2. The third-order valence-corrected chi connectivity index (χ3v) is 4.93. The molecule has 6 nitrogen and oxygen atoms in total. The van der Waals surface area contributed by atoms with E-state index in [1.165, 1.54) is 0 Å². The summed E-state index contributed by atoms with van der Waals surface area (Å²) in [4.78, 5) is 17.4. The second-order valence-electron chi connectivity index (χ2n) is 7.74. The summed E-state index contributed by atoms with van der Waals surface area (Å²) in [6, 6.07) is 13.5. The molecule has 0 unspecified atom stereocenters. The van der Waals surface area contributed by atoms with Gasteiger partial charge in [-0.1, -0.05) is 26.0 Å². The van der Waals surface area contributed by atoms with Crippen molar-refractivity contribution in [2.45, 2.75) is 33.2 Å². The van der Waals surface area contributed by atoms with E-state index in [1.54, 1.807) is 18.2 Å². The Balaban J connectivity index is 1.44. The van der Waals surface area contributed by atoms with Crippen molar-refractivity contribution in [1.29, 1.82) is 0 Å². The van der Waals surface area contributed by atoms with Crippen LogP contribution in [0, 0.1) is 5.92 Å². The average molecular weight is 393 g/mol. The van der Waals surface area contributed by atoms with Gasteiger partial charge in [0.05, 0.1) is 24.2 Å². The molecule has 0 spiro atoms. The van der Waals surface area contributed by atoms with Crippen molar-refractivity contribution in [3.05, 3.63) is 53.9 Å². The van der Waals surface area contributed by atoms with Crippen molar-refractivity contribution < 1.29 is 14.3 Å². The lowest BCUT2D eigenvalue weighted by Crippen LogP contribution is -2.26. The Bertz CT molecular complexity index is 1010. The maximum atomic E-state index is 12.6. The van der Waals surface area contributed by atoms with Crippen molar-refractivity contribution in [3.63, 3.8) is 0 Å². The van der Waals surface area contributed by atoms with Gasteiger partial charge in [-0.05, 0) is 36.2 Å². The predicted molar refractivity (Wildman–Crippen MR) is 113 cm³/mol. The number of fused-ring (bicyclic) bond motifs is 2. The molecule has 4 rings (SSSR count). The summed E-state index contributed by atoms with van der Waals surface area (Å²) >= 11 is 0. The molecule has 1 aliphatic rings. The second kappa shape index (κ2) is 8.55. The van der Waals surface area contributed by atoms with Crippen LogP contribution in [0.1, 0.15) is 36.5 Å². The van der Waals surface area contributed by atoms with Crippen LogP contribution in [0.25, 0.3) is 11.0 Å². The van der Waals surface area contributed by atoms with Gasteiger partial charge in [0.25, 0.3) is 5.91 Å². The van der Waals surface area contributed by atoms with Crippen molar-refractivity contribution in [3.8, 4) is 11.5 Å². The maximum Gasteiger partial charge on any atom is 0.251 e. The first-order valence-electron chi connectivity index (χ1n) is 10.2. The minimum atomic E-state index is -0.118.